The van der Waals surface area contributed by atoms with Crippen molar-refractivity contribution in [2.45, 2.75) is 13.3 Å². The van der Waals surface area contributed by atoms with Crippen LogP contribution in [0.4, 0.5) is 0 Å². The van der Waals surface area contributed by atoms with Crippen molar-refractivity contribution in [3.05, 3.63) is 56.9 Å². The van der Waals surface area contributed by atoms with Crippen molar-refractivity contribution in [1.29, 1.82) is 0 Å². The summed E-state index contributed by atoms with van der Waals surface area (Å²) < 4.78 is 0. The minimum atomic E-state index is -0.317. The van der Waals surface area contributed by atoms with E-state index < -0.39 is 0 Å². The molecule has 0 saturated heterocycles. The summed E-state index contributed by atoms with van der Waals surface area (Å²) >= 11 is 7.31. The third-order valence-electron chi connectivity index (χ3n) is 3.36. The fraction of sp³-hybridized carbons (Fsp3) is 0.125. The van der Waals surface area contributed by atoms with Crippen LogP contribution in [0.25, 0.3) is 10.9 Å². The Labute approximate surface area is 141 Å². The third kappa shape index (κ3) is 3.55. The number of carbonyl (C=O) groups is 2. The second kappa shape index (κ2) is 6.44. The Bertz CT molecular complexity index is 884. The van der Waals surface area contributed by atoms with E-state index in [1.54, 1.807) is 24.4 Å². The van der Waals surface area contributed by atoms with Gasteiger partial charge in [0, 0.05) is 27.0 Å². The fourth-order valence-corrected chi connectivity index (χ4v) is 3.20. The van der Waals surface area contributed by atoms with Crippen LogP contribution in [0.15, 0.2) is 36.5 Å². The van der Waals surface area contributed by atoms with Crippen LogP contribution in [0.5, 0.6) is 0 Å². The zero-order valence-corrected chi connectivity index (χ0v) is 13.8. The number of aryl methyl sites for hydroxylation is 1. The molecule has 0 fully saturated rings. The largest absolute Gasteiger partial charge is 0.361 e. The summed E-state index contributed by atoms with van der Waals surface area (Å²) in [6.45, 7) is 1.92. The minimum absolute atomic E-state index is 0.158. The molecular formula is C16H14ClN3O2S. The van der Waals surface area contributed by atoms with Crippen molar-refractivity contribution < 1.29 is 9.59 Å². The molecule has 7 heteroatoms. The van der Waals surface area contributed by atoms with Crippen LogP contribution >= 0.6 is 22.9 Å². The maximum absolute atomic E-state index is 12.0. The monoisotopic (exact) mass is 347 g/mol. The van der Waals surface area contributed by atoms with Crippen LogP contribution in [0.2, 0.25) is 5.02 Å². The number of nitrogens with one attached hydrogen (secondary N) is 3. The van der Waals surface area contributed by atoms with Gasteiger partial charge < -0.3 is 4.98 Å². The zero-order valence-electron chi connectivity index (χ0n) is 12.3. The molecule has 0 saturated carbocycles. The smallest absolute Gasteiger partial charge is 0.279 e. The lowest BCUT2D eigenvalue weighted by Gasteiger charge is -2.05. The highest BCUT2D eigenvalue weighted by atomic mass is 35.5. The van der Waals surface area contributed by atoms with E-state index in [9.17, 15) is 9.59 Å². The number of aromatic amines is 1. The van der Waals surface area contributed by atoms with E-state index in [2.05, 4.69) is 15.8 Å². The van der Waals surface area contributed by atoms with Gasteiger partial charge in [-0.3, -0.25) is 20.4 Å². The van der Waals surface area contributed by atoms with Gasteiger partial charge in [-0.15, -0.1) is 11.3 Å². The molecule has 0 aliphatic rings. The first-order chi connectivity index (χ1) is 11.0. The SMILES string of the molecule is Cc1ccc(C(=O)NNC(=O)Cc2c[nH]c3cc(Cl)ccc23)s1. The number of fused-ring (bicyclic) bond motifs is 1. The summed E-state index contributed by atoms with van der Waals surface area (Å²) in [6, 6.07) is 9.03. The van der Waals surface area contributed by atoms with Gasteiger partial charge in [0.2, 0.25) is 5.91 Å². The van der Waals surface area contributed by atoms with Gasteiger partial charge in [0.1, 0.15) is 0 Å². The van der Waals surface area contributed by atoms with E-state index in [0.29, 0.717) is 9.90 Å². The zero-order chi connectivity index (χ0) is 16.4. The van der Waals surface area contributed by atoms with Crippen LogP contribution in [0.3, 0.4) is 0 Å². The first kappa shape index (κ1) is 15.6. The van der Waals surface area contributed by atoms with Gasteiger partial charge in [0.15, 0.2) is 0 Å². The summed E-state index contributed by atoms with van der Waals surface area (Å²) in [7, 11) is 0. The van der Waals surface area contributed by atoms with E-state index in [1.165, 1.54) is 11.3 Å². The molecule has 1 aromatic carbocycles. The molecule has 2 heterocycles. The normalized spacial score (nSPS) is 10.7. The topological polar surface area (TPSA) is 74.0 Å². The molecule has 23 heavy (non-hydrogen) atoms. The van der Waals surface area contributed by atoms with Gasteiger partial charge in [0.05, 0.1) is 11.3 Å². The molecule has 0 unspecified atom stereocenters. The van der Waals surface area contributed by atoms with Gasteiger partial charge in [0.25, 0.3) is 5.91 Å². The number of benzene rings is 1. The van der Waals surface area contributed by atoms with Crippen molar-refractivity contribution in [1.82, 2.24) is 15.8 Å². The van der Waals surface area contributed by atoms with E-state index in [-0.39, 0.29) is 18.2 Å². The first-order valence-electron chi connectivity index (χ1n) is 6.94. The fourth-order valence-electron chi connectivity index (χ4n) is 2.27. The molecule has 0 spiro atoms. The molecule has 5 nitrogen and oxygen atoms in total. The lowest BCUT2D eigenvalue weighted by Crippen LogP contribution is -2.42. The van der Waals surface area contributed by atoms with E-state index in [0.717, 1.165) is 21.3 Å². The number of hydrogen-bond donors (Lipinski definition) is 3. The molecule has 3 N–H and O–H groups in total. The van der Waals surface area contributed by atoms with Crippen LogP contribution < -0.4 is 10.9 Å². The Kier molecular flexibility index (Phi) is 4.36. The van der Waals surface area contributed by atoms with Gasteiger partial charge in [-0.25, -0.2) is 0 Å². The molecule has 0 radical (unpaired) electrons. The second-order valence-electron chi connectivity index (χ2n) is 5.09. The Hall–Kier alpha value is -2.31. The van der Waals surface area contributed by atoms with Gasteiger partial charge in [-0.05, 0) is 36.8 Å². The summed E-state index contributed by atoms with van der Waals surface area (Å²) in [5.74, 6) is -0.607. The highest BCUT2D eigenvalue weighted by Crippen LogP contribution is 2.22. The summed E-state index contributed by atoms with van der Waals surface area (Å²) in [5, 5.41) is 1.57. The molecule has 118 valence electrons. The molecular weight excluding hydrogens is 334 g/mol. The standard InChI is InChI=1S/C16H14ClN3O2S/c1-9-2-5-14(23-9)16(22)20-19-15(21)6-10-8-18-13-7-11(17)3-4-12(10)13/h2-5,7-8,18H,6H2,1H3,(H,19,21)(H,20,22). The number of aromatic nitrogens is 1. The lowest BCUT2D eigenvalue weighted by atomic mass is 10.1. The Morgan fingerprint density at radius 1 is 1.22 bits per heavy atom. The van der Waals surface area contributed by atoms with Crippen molar-refractivity contribution in [2.24, 2.45) is 0 Å². The highest BCUT2D eigenvalue weighted by Gasteiger charge is 2.12. The van der Waals surface area contributed by atoms with Gasteiger partial charge in [-0.1, -0.05) is 17.7 Å². The maximum atomic E-state index is 12.0. The molecule has 0 bridgehead atoms. The maximum Gasteiger partial charge on any atom is 0.279 e. The second-order valence-corrected chi connectivity index (χ2v) is 6.82. The van der Waals surface area contributed by atoms with Crippen LogP contribution in [-0.2, 0) is 11.2 Å². The van der Waals surface area contributed by atoms with E-state index in [1.807, 2.05) is 19.1 Å². The molecule has 0 atom stereocenters. The summed E-state index contributed by atoms with van der Waals surface area (Å²) in [5.41, 5.74) is 6.57. The number of amides is 2. The van der Waals surface area contributed by atoms with E-state index >= 15 is 0 Å². The lowest BCUT2D eigenvalue weighted by molar-refractivity contribution is -0.121. The Morgan fingerprint density at radius 3 is 2.78 bits per heavy atom. The van der Waals surface area contributed by atoms with Gasteiger partial charge in [-0.2, -0.15) is 0 Å². The number of halogens is 1. The predicted molar refractivity (Wildman–Crippen MR) is 91.7 cm³/mol. The molecule has 2 amide bonds. The quantitative estimate of drug-likeness (QED) is 0.636. The van der Waals surface area contributed by atoms with Crippen molar-refractivity contribution >= 4 is 45.7 Å². The molecule has 2 aromatic heterocycles. The first-order valence-corrected chi connectivity index (χ1v) is 8.13. The summed E-state index contributed by atoms with van der Waals surface area (Å²) in [4.78, 5) is 28.6. The van der Waals surface area contributed by atoms with Crippen LogP contribution in [-0.4, -0.2) is 16.8 Å². The number of carbonyl (C=O) groups excluding carboxylic acids is 2. The van der Waals surface area contributed by atoms with Crippen LogP contribution in [0, 0.1) is 6.92 Å². The minimum Gasteiger partial charge on any atom is -0.361 e. The molecule has 3 rings (SSSR count). The molecule has 0 aliphatic carbocycles. The number of H-pyrrole nitrogens is 1. The number of hydrogen-bond acceptors (Lipinski definition) is 3. The Morgan fingerprint density at radius 2 is 2.04 bits per heavy atom. The van der Waals surface area contributed by atoms with Crippen molar-refractivity contribution in [3.63, 3.8) is 0 Å². The predicted octanol–water partition coefficient (Wildman–Crippen LogP) is 3.19. The van der Waals surface area contributed by atoms with E-state index in [4.69, 9.17) is 11.6 Å². The summed E-state index contributed by atoms with van der Waals surface area (Å²) in [6.07, 6.45) is 1.93. The average molecular weight is 348 g/mol. The van der Waals surface area contributed by atoms with Gasteiger partial charge >= 0.3 is 0 Å². The third-order valence-corrected chi connectivity index (χ3v) is 4.59. The van der Waals surface area contributed by atoms with Crippen molar-refractivity contribution in [3.8, 4) is 0 Å². The molecule has 3 aromatic rings. The number of thiophene rings is 1. The number of rotatable bonds is 3. The number of hydrazine groups is 1. The van der Waals surface area contributed by atoms with Crippen molar-refractivity contribution in [2.75, 3.05) is 0 Å². The molecule has 0 aliphatic heterocycles. The Balaban J connectivity index is 1.61. The highest BCUT2D eigenvalue weighted by molar-refractivity contribution is 7.13. The van der Waals surface area contributed by atoms with Crippen LogP contribution in [0.1, 0.15) is 20.1 Å². The average Bonchev–Trinajstić information content (AvgIpc) is 3.11.